The molecule has 7 heteroatoms. The molecule has 1 heterocycles. The highest BCUT2D eigenvalue weighted by molar-refractivity contribution is 6.27. The average Bonchev–Trinajstić information content (AvgIpc) is 2.83. The van der Waals surface area contributed by atoms with Crippen molar-refractivity contribution in [3.8, 4) is 12.3 Å². The standard InChI is InChI=1S/C17H15NO6/c1-4-17(15(21)23-5-2,16(22)24-6-3)18-13(19)11-9-7-8-10-12(11)14(18)20/h1,7-10H,5-6H2,2-3H3. The molecule has 0 unspecified atom stereocenters. The van der Waals surface area contributed by atoms with Gasteiger partial charge >= 0.3 is 17.5 Å². The van der Waals surface area contributed by atoms with E-state index in [2.05, 4.69) is 0 Å². The summed E-state index contributed by atoms with van der Waals surface area (Å²) >= 11 is 0. The summed E-state index contributed by atoms with van der Waals surface area (Å²) < 4.78 is 9.69. The Morgan fingerprint density at radius 2 is 1.46 bits per heavy atom. The van der Waals surface area contributed by atoms with Gasteiger partial charge in [0.1, 0.15) is 0 Å². The second-order valence-corrected chi connectivity index (χ2v) is 4.79. The minimum atomic E-state index is -2.60. The predicted molar refractivity (Wildman–Crippen MR) is 81.8 cm³/mol. The van der Waals surface area contributed by atoms with Crippen LogP contribution >= 0.6 is 0 Å². The first-order valence-electron chi connectivity index (χ1n) is 7.25. The molecular formula is C17H15NO6. The lowest BCUT2D eigenvalue weighted by molar-refractivity contribution is -0.166. The van der Waals surface area contributed by atoms with Gasteiger partial charge < -0.3 is 9.47 Å². The van der Waals surface area contributed by atoms with Crippen LogP contribution in [0.1, 0.15) is 34.6 Å². The fourth-order valence-corrected chi connectivity index (χ4v) is 2.41. The predicted octanol–water partition coefficient (Wildman–Crippen LogP) is 0.781. The lowest BCUT2D eigenvalue weighted by Gasteiger charge is -2.31. The number of imide groups is 1. The highest BCUT2D eigenvalue weighted by Crippen LogP contribution is 2.31. The van der Waals surface area contributed by atoms with Crippen LogP contribution in [0.5, 0.6) is 0 Å². The highest BCUT2D eigenvalue weighted by atomic mass is 16.6. The van der Waals surface area contributed by atoms with Crippen LogP contribution < -0.4 is 0 Å². The molecule has 1 aliphatic rings. The maximum atomic E-state index is 12.6. The Morgan fingerprint density at radius 1 is 1.04 bits per heavy atom. The maximum absolute atomic E-state index is 12.6. The number of fused-ring (bicyclic) bond motifs is 1. The van der Waals surface area contributed by atoms with Crippen molar-refractivity contribution >= 4 is 23.8 Å². The van der Waals surface area contributed by atoms with Crippen LogP contribution in [-0.4, -0.2) is 47.4 Å². The van der Waals surface area contributed by atoms with Crippen molar-refractivity contribution in [2.24, 2.45) is 0 Å². The third kappa shape index (κ3) is 2.33. The smallest absolute Gasteiger partial charge is 0.357 e. The van der Waals surface area contributed by atoms with Crippen LogP contribution in [0.2, 0.25) is 0 Å². The zero-order valence-electron chi connectivity index (χ0n) is 13.2. The second-order valence-electron chi connectivity index (χ2n) is 4.79. The van der Waals surface area contributed by atoms with Gasteiger partial charge in [-0.25, -0.2) is 14.5 Å². The van der Waals surface area contributed by atoms with E-state index in [1.165, 1.54) is 26.0 Å². The van der Waals surface area contributed by atoms with Crippen LogP contribution in [0.4, 0.5) is 0 Å². The molecule has 0 spiro atoms. The zero-order chi connectivity index (χ0) is 17.9. The van der Waals surface area contributed by atoms with Crippen molar-refractivity contribution in [1.82, 2.24) is 4.90 Å². The summed E-state index contributed by atoms with van der Waals surface area (Å²) in [5.74, 6) is -2.16. The van der Waals surface area contributed by atoms with E-state index in [-0.39, 0.29) is 24.3 Å². The van der Waals surface area contributed by atoms with Crippen LogP contribution in [0.25, 0.3) is 0 Å². The minimum absolute atomic E-state index is 0.0516. The molecule has 0 radical (unpaired) electrons. The quantitative estimate of drug-likeness (QED) is 0.343. The van der Waals surface area contributed by atoms with Gasteiger partial charge in [-0.1, -0.05) is 18.1 Å². The van der Waals surface area contributed by atoms with Gasteiger partial charge in [0.15, 0.2) is 0 Å². The fraction of sp³-hybridized carbons (Fsp3) is 0.294. The SMILES string of the molecule is C#CC(C(=O)OCC)(C(=O)OCC)N1C(=O)c2ccccc2C1=O. The van der Waals surface area contributed by atoms with E-state index in [0.29, 0.717) is 4.90 Å². The molecule has 0 saturated heterocycles. The van der Waals surface area contributed by atoms with Crippen molar-refractivity contribution in [1.29, 1.82) is 0 Å². The van der Waals surface area contributed by atoms with Crippen LogP contribution in [0.15, 0.2) is 24.3 Å². The Labute approximate surface area is 138 Å². The van der Waals surface area contributed by atoms with E-state index in [1.807, 2.05) is 5.92 Å². The van der Waals surface area contributed by atoms with Crippen molar-refractivity contribution in [2.45, 2.75) is 19.4 Å². The maximum Gasteiger partial charge on any atom is 0.357 e. The summed E-state index contributed by atoms with van der Waals surface area (Å²) in [6, 6.07) is 5.93. The number of terminal acetylenes is 1. The number of hydrogen-bond donors (Lipinski definition) is 0. The molecule has 0 fully saturated rings. The Hall–Kier alpha value is -3.14. The van der Waals surface area contributed by atoms with Gasteiger partial charge in [0.25, 0.3) is 11.8 Å². The van der Waals surface area contributed by atoms with Gasteiger partial charge in [-0.2, -0.15) is 0 Å². The van der Waals surface area contributed by atoms with Gasteiger partial charge in [0.2, 0.25) is 0 Å². The Morgan fingerprint density at radius 3 is 1.79 bits per heavy atom. The van der Waals surface area contributed by atoms with E-state index in [1.54, 1.807) is 12.1 Å². The molecule has 0 atom stereocenters. The first-order valence-corrected chi connectivity index (χ1v) is 7.25. The van der Waals surface area contributed by atoms with Crippen molar-refractivity contribution in [2.75, 3.05) is 13.2 Å². The summed E-state index contributed by atoms with van der Waals surface area (Å²) in [6.07, 6.45) is 5.41. The molecule has 1 aliphatic heterocycles. The summed E-state index contributed by atoms with van der Waals surface area (Å²) in [7, 11) is 0. The van der Waals surface area contributed by atoms with Gasteiger partial charge in [0, 0.05) is 0 Å². The Balaban J connectivity index is 2.63. The third-order valence-corrected chi connectivity index (χ3v) is 3.48. The van der Waals surface area contributed by atoms with Gasteiger partial charge in [0.05, 0.1) is 24.3 Å². The summed E-state index contributed by atoms with van der Waals surface area (Å²) in [5.41, 5.74) is -2.49. The lowest BCUT2D eigenvalue weighted by Crippen LogP contribution is -2.62. The molecule has 124 valence electrons. The zero-order valence-corrected chi connectivity index (χ0v) is 13.2. The molecule has 0 aliphatic carbocycles. The van der Waals surface area contributed by atoms with E-state index in [0.717, 1.165) is 0 Å². The first-order chi connectivity index (χ1) is 11.4. The van der Waals surface area contributed by atoms with Crippen LogP contribution in [-0.2, 0) is 19.1 Å². The normalized spacial score (nSPS) is 13.3. The van der Waals surface area contributed by atoms with Gasteiger partial charge in [-0.3, -0.25) is 9.59 Å². The molecule has 0 N–H and O–H groups in total. The number of carbonyl (C=O) groups excluding carboxylic acids is 4. The lowest BCUT2D eigenvalue weighted by atomic mass is 9.98. The van der Waals surface area contributed by atoms with E-state index < -0.39 is 29.3 Å². The van der Waals surface area contributed by atoms with Crippen molar-refractivity contribution in [3.63, 3.8) is 0 Å². The Kier molecular flexibility index (Phi) is 4.69. The van der Waals surface area contributed by atoms with E-state index in [4.69, 9.17) is 15.9 Å². The monoisotopic (exact) mass is 329 g/mol. The minimum Gasteiger partial charge on any atom is -0.463 e. The number of nitrogens with zero attached hydrogens (tertiary/aromatic N) is 1. The molecular weight excluding hydrogens is 314 g/mol. The molecule has 0 bridgehead atoms. The number of ether oxygens (including phenoxy) is 2. The summed E-state index contributed by atoms with van der Waals surface area (Å²) in [6.45, 7) is 2.83. The van der Waals surface area contributed by atoms with Crippen LogP contribution in [0.3, 0.4) is 0 Å². The number of benzene rings is 1. The number of rotatable bonds is 5. The van der Waals surface area contributed by atoms with E-state index >= 15 is 0 Å². The summed E-state index contributed by atoms with van der Waals surface area (Å²) in [5, 5.41) is 0. The molecule has 2 rings (SSSR count). The number of hydrogen-bond acceptors (Lipinski definition) is 6. The van der Waals surface area contributed by atoms with Crippen molar-refractivity contribution < 1.29 is 28.7 Å². The topological polar surface area (TPSA) is 90.0 Å². The molecule has 2 amide bonds. The average molecular weight is 329 g/mol. The molecule has 1 aromatic rings. The van der Waals surface area contributed by atoms with Crippen molar-refractivity contribution in [3.05, 3.63) is 35.4 Å². The third-order valence-electron chi connectivity index (χ3n) is 3.48. The number of amides is 2. The molecule has 7 nitrogen and oxygen atoms in total. The number of esters is 2. The first kappa shape index (κ1) is 17.2. The Bertz CT molecular complexity index is 708. The highest BCUT2D eigenvalue weighted by Gasteiger charge is 2.60. The van der Waals surface area contributed by atoms with E-state index in [9.17, 15) is 19.2 Å². The second kappa shape index (κ2) is 6.54. The van der Waals surface area contributed by atoms with Gasteiger partial charge in [-0.15, -0.1) is 6.42 Å². The van der Waals surface area contributed by atoms with Gasteiger partial charge in [-0.05, 0) is 26.0 Å². The summed E-state index contributed by atoms with van der Waals surface area (Å²) in [4.78, 5) is 50.5. The fourth-order valence-electron chi connectivity index (χ4n) is 2.41. The number of carbonyl (C=O) groups is 4. The molecule has 1 aromatic carbocycles. The largest absolute Gasteiger partial charge is 0.463 e. The molecule has 24 heavy (non-hydrogen) atoms. The molecule has 0 aromatic heterocycles. The van der Waals surface area contributed by atoms with Crippen LogP contribution in [0, 0.1) is 12.3 Å². The molecule has 0 saturated carbocycles.